The van der Waals surface area contributed by atoms with E-state index < -0.39 is 0 Å². The number of halogens is 1. The summed E-state index contributed by atoms with van der Waals surface area (Å²) in [7, 11) is 1.58. The van der Waals surface area contributed by atoms with Gasteiger partial charge in [0.05, 0.1) is 12.8 Å². The topological polar surface area (TPSA) is 94.3 Å². The second-order valence-corrected chi connectivity index (χ2v) is 7.61. The van der Waals surface area contributed by atoms with E-state index in [1.807, 2.05) is 24.3 Å². The molecule has 0 saturated heterocycles. The number of rotatable bonds is 8. The van der Waals surface area contributed by atoms with Gasteiger partial charge in [-0.05, 0) is 30.3 Å². The van der Waals surface area contributed by atoms with E-state index in [-0.39, 0.29) is 24.5 Å². The molecule has 8 heteroatoms. The maximum absolute atomic E-state index is 12.9. The number of aryl methyl sites for hydroxylation is 1. The Hall–Kier alpha value is -3.97. The molecular weight excluding hydrogens is 442 g/mol. The van der Waals surface area contributed by atoms with E-state index in [9.17, 15) is 9.59 Å². The lowest BCUT2D eigenvalue weighted by Gasteiger charge is -2.11. The molecule has 0 bridgehead atoms. The number of hydrogen-bond acceptors (Lipinski definition) is 6. The highest BCUT2D eigenvalue weighted by Gasteiger charge is 2.17. The Kier molecular flexibility index (Phi) is 6.80. The van der Waals surface area contributed by atoms with Crippen molar-refractivity contribution in [1.29, 1.82) is 0 Å². The van der Waals surface area contributed by atoms with E-state index in [0.717, 1.165) is 5.56 Å². The quantitative estimate of drug-likeness (QED) is 0.362. The molecule has 0 atom stereocenters. The molecule has 0 aliphatic rings. The monoisotopic (exact) mass is 461 g/mol. The third kappa shape index (κ3) is 5.45. The highest BCUT2D eigenvalue weighted by atomic mass is 35.5. The van der Waals surface area contributed by atoms with Gasteiger partial charge in [-0.2, -0.15) is 4.98 Å². The largest absolute Gasteiger partial charge is 0.497 e. The molecule has 1 amide bonds. The molecule has 1 heterocycles. The molecule has 1 N–H and O–H groups in total. The van der Waals surface area contributed by atoms with Crippen LogP contribution in [0.2, 0.25) is 5.02 Å². The summed E-state index contributed by atoms with van der Waals surface area (Å²) < 4.78 is 10.5. The molecule has 33 heavy (non-hydrogen) atoms. The van der Waals surface area contributed by atoms with Crippen LogP contribution in [0.5, 0.6) is 5.75 Å². The van der Waals surface area contributed by atoms with Crippen molar-refractivity contribution >= 4 is 29.0 Å². The van der Waals surface area contributed by atoms with Gasteiger partial charge in [0.25, 0.3) is 0 Å². The summed E-state index contributed by atoms with van der Waals surface area (Å²) in [5.41, 5.74) is 1.96. The predicted octanol–water partition coefficient (Wildman–Crippen LogP) is 5.20. The van der Waals surface area contributed by atoms with Crippen molar-refractivity contribution in [2.24, 2.45) is 0 Å². The molecule has 0 aliphatic carbocycles. The lowest BCUT2D eigenvalue weighted by molar-refractivity contribution is -0.116. The van der Waals surface area contributed by atoms with Crippen LogP contribution in [0, 0.1) is 0 Å². The normalized spacial score (nSPS) is 10.6. The highest BCUT2D eigenvalue weighted by molar-refractivity contribution is 6.31. The number of nitrogens with zero attached hydrogens (tertiary/aromatic N) is 2. The smallest absolute Gasteiger partial charge is 0.227 e. The van der Waals surface area contributed by atoms with Crippen LogP contribution < -0.4 is 10.1 Å². The van der Waals surface area contributed by atoms with Gasteiger partial charge >= 0.3 is 0 Å². The maximum atomic E-state index is 12.9. The number of amides is 1. The molecule has 1 aromatic heterocycles. The Bertz CT molecular complexity index is 1290. The molecule has 166 valence electrons. The number of benzene rings is 3. The van der Waals surface area contributed by atoms with Crippen molar-refractivity contribution < 1.29 is 18.8 Å². The van der Waals surface area contributed by atoms with Crippen molar-refractivity contribution in [3.05, 3.63) is 94.8 Å². The Balaban J connectivity index is 1.43. The first kappa shape index (κ1) is 22.2. The van der Waals surface area contributed by atoms with E-state index in [1.165, 1.54) is 0 Å². The number of hydrogen-bond donors (Lipinski definition) is 1. The van der Waals surface area contributed by atoms with Gasteiger partial charge in [0.15, 0.2) is 5.78 Å². The van der Waals surface area contributed by atoms with Gasteiger partial charge in [-0.15, -0.1) is 0 Å². The minimum atomic E-state index is -0.291. The lowest BCUT2D eigenvalue weighted by atomic mass is 10.0. The number of carbonyl (C=O) groups excluding carboxylic acids is 2. The van der Waals surface area contributed by atoms with Gasteiger partial charge in [0.1, 0.15) is 5.75 Å². The van der Waals surface area contributed by atoms with Crippen LogP contribution in [-0.4, -0.2) is 28.9 Å². The number of ether oxygens (including phenoxy) is 1. The molecule has 0 fully saturated rings. The fourth-order valence-electron chi connectivity index (χ4n) is 3.23. The van der Waals surface area contributed by atoms with Crippen molar-refractivity contribution in [3.63, 3.8) is 0 Å². The van der Waals surface area contributed by atoms with Crippen molar-refractivity contribution in [3.8, 4) is 17.1 Å². The first-order chi connectivity index (χ1) is 16.0. The van der Waals surface area contributed by atoms with Gasteiger partial charge in [0.2, 0.25) is 17.6 Å². The fraction of sp³-hybridized carbons (Fsp3) is 0.120. The van der Waals surface area contributed by atoms with Crippen LogP contribution in [0.3, 0.4) is 0 Å². The van der Waals surface area contributed by atoms with E-state index in [4.69, 9.17) is 20.9 Å². The number of aromatic nitrogens is 2. The second-order valence-electron chi connectivity index (χ2n) is 7.18. The van der Waals surface area contributed by atoms with Crippen LogP contribution in [0.1, 0.15) is 28.2 Å². The zero-order chi connectivity index (χ0) is 23.2. The summed E-state index contributed by atoms with van der Waals surface area (Å²) in [6.45, 7) is 0. The van der Waals surface area contributed by atoms with Gasteiger partial charge < -0.3 is 14.6 Å². The summed E-state index contributed by atoms with van der Waals surface area (Å²) in [5, 5.41) is 7.16. The van der Waals surface area contributed by atoms with Crippen molar-refractivity contribution in [2.45, 2.75) is 12.8 Å². The number of carbonyl (C=O) groups is 2. The zero-order valence-electron chi connectivity index (χ0n) is 17.7. The summed E-state index contributed by atoms with van der Waals surface area (Å²) >= 11 is 6.10. The molecular formula is C25H20ClN3O4. The number of anilines is 1. The molecule has 4 rings (SSSR count). The summed E-state index contributed by atoms with van der Waals surface area (Å²) in [6.07, 6.45) is 0.347. The molecule has 4 aromatic rings. The van der Waals surface area contributed by atoms with Crippen LogP contribution in [0.15, 0.2) is 77.3 Å². The first-order valence-corrected chi connectivity index (χ1v) is 10.6. The number of nitrogens with one attached hydrogen (secondary N) is 1. The highest BCUT2D eigenvalue weighted by Crippen LogP contribution is 2.25. The Labute approximate surface area is 195 Å². The standard InChI is InChI=1S/C25H20ClN3O4/c1-32-19-9-5-8-17(14-19)25-28-23(33-29-25)13-12-22(30)27-21-11-10-18(26)15-20(21)24(31)16-6-3-2-4-7-16/h2-11,14-15H,12-13H2,1H3,(H,27,30). The molecule has 3 aromatic carbocycles. The number of methoxy groups -OCH3 is 1. The van der Waals surface area contributed by atoms with Crippen LogP contribution in [-0.2, 0) is 11.2 Å². The summed E-state index contributed by atoms with van der Waals surface area (Å²) in [6, 6.07) is 20.9. The van der Waals surface area contributed by atoms with E-state index >= 15 is 0 Å². The van der Waals surface area contributed by atoms with E-state index in [2.05, 4.69) is 15.5 Å². The van der Waals surface area contributed by atoms with Gasteiger partial charge in [-0.3, -0.25) is 9.59 Å². The minimum Gasteiger partial charge on any atom is -0.497 e. The van der Waals surface area contributed by atoms with Gasteiger partial charge in [-0.25, -0.2) is 0 Å². The average molecular weight is 462 g/mol. The average Bonchev–Trinajstić information content (AvgIpc) is 3.33. The molecule has 0 aliphatic heterocycles. The van der Waals surface area contributed by atoms with Gasteiger partial charge in [-0.1, -0.05) is 59.2 Å². The summed E-state index contributed by atoms with van der Waals surface area (Å²) in [4.78, 5) is 29.8. The molecule has 0 radical (unpaired) electrons. The SMILES string of the molecule is COc1cccc(-c2noc(CCC(=O)Nc3ccc(Cl)cc3C(=O)c3ccccc3)n2)c1. The van der Waals surface area contributed by atoms with E-state index in [0.29, 0.717) is 39.3 Å². The minimum absolute atomic E-state index is 0.0985. The van der Waals surface area contributed by atoms with Crippen LogP contribution in [0.4, 0.5) is 5.69 Å². The Morgan fingerprint density at radius 1 is 1.03 bits per heavy atom. The Morgan fingerprint density at radius 3 is 2.64 bits per heavy atom. The first-order valence-electron chi connectivity index (χ1n) is 10.2. The molecule has 0 saturated carbocycles. The maximum Gasteiger partial charge on any atom is 0.227 e. The van der Waals surface area contributed by atoms with Crippen molar-refractivity contribution in [2.75, 3.05) is 12.4 Å². The van der Waals surface area contributed by atoms with Gasteiger partial charge in [0, 0.05) is 34.6 Å². The second kappa shape index (κ2) is 10.1. The zero-order valence-corrected chi connectivity index (χ0v) is 18.5. The molecule has 0 spiro atoms. The number of ketones is 1. The fourth-order valence-corrected chi connectivity index (χ4v) is 3.40. The predicted molar refractivity (Wildman–Crippen MR) is 125 cm³/mol. The van der Waals surface area contributed by atoms with Crippen molar-refractivity contribution in [1.82, 2.24) is 10.1 Å². The summed E-state index contributed by atoms with van der Waals surface area (Å²) in [5.74, 6) is 0.910. The Morgan fingerprint density at radius 2 is 1.85 bits per heavy atom. The lowest BCUT2D eigenvalue weighted by Crippen LogP contribution is -2.15. The third-order valence-electron chi connectivity index (χ3n) is 4.90. The third-order valence-corrected chi connectivity index (χ3v) is 5.13. The molecule has 0 unspecified atom stereocenters. The van der Waals surface area contributed by atoms with E-state index in [1.54, 1.807) is 55.6 Å². The molecule has 7 nitrogen and oxygen atoms in total. The van der Waals surface area contributed by atoms with Crippen LogP contribution >= 0.6 is 11.6 Å². The van der Waals surface area contributed by atoms with Crippen LogP contribution in [0.25, 0.3) is 11.4 Å².